The third kappa shape index (κ3) is 1.89. The molecule has 3 aliphatic rings. The third-order valence-corrected chi connectivity index (χ3v) is 6.65. The van der Waals surface area contributed by atoms with Crippen LogP contribution in [0, 0.1) is 0 Å². The van der Waals surface area contributed by atoms with E-state index in [1.807, 2.05) is 0 Å². The van der Waals surface area contributed by atoms with Crippen molar-refractivity contribution in [2.45, 2.75) is 37.2 Å². The molecule has 6 rings (SSSR count). The number of anilines is 1. The lowest BCUT2D eigenvalue weighted by atomic mass is 9.82. The lowest BCUT2D eigenvalue weighted by Gasteiger charge is -2.44. The topological polar surface area (TPSA) is 95.7 Å². The summed E-state index contributed by atoms with van der Waals surface area (Å²) in [6.07, 6.45) is 0.545. The number of hydrogen-bond acceptors (Lipinski definition) is 5. The Balaban J connectivity index is 1.57. The molecule has 3 aliphatic heterocycles. The first-order valence-corrected chi connectivity index (χ1v) is 9.86. The Bertz CT molecular complexity index is 1320. The highest BCUT2D eigenvalue weighted by Crippen LogP contribution is 2.55. The highest BCUT2D eigenvalue weighted by atomic mass is 16.3. The molecule has 0 saturated carbocycles. The largest absolute Gasteiger partial charge is 0.381 e. The molecule has 8 heteroatoms. The Morgan fingerprint density at radius 1 is 1.03 bits per heavy atom. The van der Waals surface area contributed by atoms with E-state index in [9.17, 15) is 19.5 Å². The third-order valence-electron chi connectivity index (χ3n) is 6.65. The van der Waals surface area contributed by atoms with E-state index in [4.69, 9.17) is 0 Å². The van der Waals surface area contributed by atoms with E-state index < -0.39 is 23.9 Å². The maximum Gasteiger partial charge on any atom is 0.261 e. The van der Waals surface area contributed by atoms with Crippen molar-refractivity contribution in [2.24, 2.45) is 0 Å². The first kappa shape index (κ1) is 17.3. The summed E-state index contributed by atoms with van der Waals surface area (Å²) < 4.78 is 1.29. The first-order chi connectivity index (χ1) is 14.4. The van der Waals surface area contributed by atoms with Crippen molar-refractivity contribution >= 4 is 28.4 Å². The minimum atomic E-state index is -1.47. The van der Waals surface area contributed by atoms with Crippen LogP contribution < -0.4 is 10.5 Å². The van der Waals surface area contributed by atoms with Crippen molar-refractivity contribution in [2.75, 3.05) is 4.90 Å². The minimum Gasteiger partial charge on any atom is -0.381 e. The van der Waals surface area contributed by atoms with E-state index in [1.54, 1.807) is 55.5 Å². The Kier molecular flexibility index (Phi) is 3.21. The van der Waals surface area contributed by atoms with Crippen molar-refractivity contribution in [1.82, 2.24) is 14.5 Å². The van der Waals surface area contributed by atoms with Gasteiger partial charge in [-0.2, -0.15) is 0 Å². The number of nitrogens with zero attached hydrogens (tertiary/aromatic N) is 4. The molecule has 1 N–H and O–H groups in total. The number of para-hydroxylation sites is 2. The average molecular weight is 402 g/mol. The molecule has 2 aromatic carbocycles. The van der Waals surface area contributed by atoms with Gasteiger partial charge in [0.1, 0.15) is 23.9 Å². The highest BCUT2D eigenvalue weighted by Gasteiger charge is 2.66. The molecule has 4 atom stereocenters. The number of fused-ring (bicyclic) bond motifs is 4. The van der Waals surface area contributed by atoms with Crippen LogP contribution in [0.1, 0.15) is 24.9 Å². The Morgan fingerprint density at radius 2 is 1.77 bits per heavy atom. The summed E-state index contributed by atoms with van der Waals surface area (Å²) >= 11 is 0. The number of piperidine rings is 1. The fourth-order valence-electron chi connectivity index (χ4n) is 5.26. The molecule has 0 radical (unpaired) electrons. The van der Waals surface area contributed by atoms with Gasteiger partial charge in [-0.25, -0.2) is 4.98 Å². The summed E-state index contributed by atoms with van der Waals surface area (Å²) in [4.78, 5) is 47.0. The Labute approximate surface area is 171 Å². The fraction of sp³-hybridized carbons (Fsp3) is 0.273. The second kappa shape index (κ2) is 5.54. The lowest BCUT2D eigenvalue weighted by Crippen LogP contribution is -2.61. The zero-order valence-electron chi connectivity index (χ0n) is 16.1. The van der Waals surface area contributed by atoms with E-state index in [-0.39, 0.29) is 23.8 Å². The van der Waals surface area contributed by atoms with Crippen LogP contribution in [-0.4, -0.2) is 43.6 Å². The predicted molar refractivity (Wildman–Crippen MR) is 108 cm³/mol. The van der Waals surface area contributed by atoms with Crippen LogP contribution in [-0.2, 0) is 15.2 Å². The Hall–Kier alpha value is -3.52. The van der Waals surface area contributed by atoms with E-state index in [0.29, 0.717) is 22.2 Å². The van der Waals surface area contributed by atoms with E-state index in [1.165, 1.54) is 20.7 Å². The molecule has 2 fully saturated rings. The molecular weight excluding hydrogens is 384 g/mol. The molecule has 30 heavy (non-hydrogen) atoms. The maximum atomic E-state index is 13.5. The summed E-state index contributed by atoms with van der Waals surface area (Å²) in [6.45, 7) is 1.66. The zero-order chi connectivity index (χ0) is 20.8. The minimum absolute atomic E-state index is 0.0135. The molecule has 0 bridgehead atoms. The SMILES string of the molecule is C[C@H]1C(=O)N2c3ccccc3[C@]3(O)CC(n4cnc5ccccc5c4=O)C(=O)N1[C@H]23. The van der Waals surface area contributed by atoms with Crippen molar-refractivity contribution in [3.63, 3.8) is 0 Å². The molecule has 0 spiro atoms. The molecule has 0 aliphatic carbocycles. The highest BCUT2D eigenvalue weighted by molar-refractivity contribution is 6.06. The number of aliphatic hydroxyl groups is 1. The van der Waals surface area contributed by atoms with Crippen LogP contribution in [0.15, 0.2) is 59.7 Å². The van der Waals surface area contributed by atoms with Gasteiger partial charge in [-0.05, 0) is 25.1 Å². The van der Waals surface area contributed by atoms with Gasteiger partial charge in [0.15, 0.2) is 0 Å². The van der Waals surface area contributed by atoms with Crippen LogP contribution in [0.4, 0.5) is 5.69 Å². The van der Waals surface area contributed by atoms with Crippen molar-refractivity contribution in [1.29, 1.82) is 0 Å². The number of carbonyl (C=O) groups is 2. The van der Waals surface area contributed by atoms with E-state index in [2.05, 4.69) is 4.98 Å². The molecule has 4 heterocycles. The molecule has 3 aromatic rings. The van der Waals surface area contributed by atoms with Gasteiger partial charge in [0.05, 0.1) is 22.9 Å². The van der Waals surface area contributed by atoms with Crippen molar-refractivity contribution in [3.8, 4) is 0 Å². The molecule has 1 unspecified atom stereocenters. The van der Waals surface area contributed by atoms with Crippen LogP contribution in [0.5, 0.6) is 0 Å². The first-order valence-electron chi connectivity index (χ1n) is 9.86. The van der Waals surface area contributed by atoms with E-state index >= 15 is 0 Å². The van der Waals surface area contributed by atoms with Crippen LogP contribution in [0.2, 0.25) is 0 Å². The fourth-order valence-corrected chi connectivity index (χ4v) is 5.26. The second-order valence-corrected chi connectivity index (χ2v) is 8.14. The Morgan fingerprint density at radius 3 is 2.60 bits per heavy atom. The van der Waals surface area contributed by atoms with Gasteiger partial charge in [0.2, 0.25) is 5.91 Å². The monoisotopic (exact) mass is 402 g/mol. The van der Waals surface area contributed by atoms with Crippen molar-refractivity contribution < 1.29 is 14.7 Å². The number of benzene rings is 2. The van der Waals surface area contributed by atoms with Gasteiger partial charge in [-0.3, -0.25) is 23.9 Å². The number of carbonyl (C=O) groups excluding carboxylic acids is 2. The molecule has 2 amide bonds. The molecule has 2 saturated heterocycles. The van der Waals surface area contributed by atoms with E-state index in [0.717, 1.165) is 0 Å². The summed E-state index contributed by atoms with van der Waals surface area (Å²) in [5.41, 5.74) is -0.0647. The summed E-state index contributed by atoms with van der Waals surface area (Å²) in [5, 5.41) is 12.2. The number of aromatic nitrogens is 2. The second-order valence-electron chi connectivity index (χ2n) is 8.14. The van der Waals surface area contributed by atoms with Crippen LogP contribution in [0.25, 0.3) is 10.9 Å². The zero-order valence-corrected chi connectivity index (χ0v) is 16.1. The lowest BCUT2D eigenvalue weighted by molar-refractivity contribution is -0.158. The predicted octanol–water partition coefficient (Wildman–Crippen LogP) is 1.13. The van der Waals surface area contributed by atoms with Gasteiger partial charge in [-0.15, -0.1) is 0 Å². The van der Waals surface area contributed by atoms with Crippen LogP contribution >= 0.6 is 0 Å². The number of rotatable bonds is 1. The molecule has 150 valence electrons. The van der Waals surface area contributed by atoms with Gasteiger partial charge < -0.3 is 10.0 Å². The maximum absolute atomic E-state index is 13.5. The number of amides is 2. The normalized spacial score (nSPS) is 29.5. The van der Waals surface area contributed by atoms with Crippen LogP contribution in [0.3, 0.4) is 0 Å². The molecule has 8 nitrogen and oxygen atoms in total. The summed E-state index contributed by atoms with van der Waals surface area (Å²) in [7, 11) is 0. The van der Waals surface area contributed by atoms with Gasteiger partial charge in [0.25, 0.3) is 11.5 Å². The van der Waals surface area contributed by atoms with Crippen molar-refractivity contribution in [3.05, 3.63) is 70.8 Å². The quantitative estimate of drug-likeness (QED) is 0.658. The molecular formula is C22H18N4O4. The smallest absolute Gasteiger partial charge is 0.261 e. The van der Waals surface area contributed by atoms with Gasteiger partial charge >= 0.3 is 0 Å². The molecule has 1 aromatic heterocycles. The summed E-state index contributed by atoms with van der Waals surface area (Å²) in [5.74, 6) is -0.596. The number of hydrogen-bond donors (Lipinski definition) is 1. The van der Waals surface area contributed by atoms with Gasteiger partial charge in [-0.1, -0.05) is 30.3 Å². The standard InChI is InChI=1S/C22H18N4O4/c1-12-18(27)26-16-9-5-3-7-14(16)22(30)10-17(20(29)25(12)21(22)26)24-11-23-15-8-4-2-6-13(15)19(24)28/h2-9,11-12,17,21,30H,10H2,1H3/t12-,17?,21+,22+/m0/s1. The summed E-state index contributed by atoms with van der Waals surface area (Å²) in [6, 6.07) is 12.4. The average Bonchev–Trinajstić information content (AvgIpc) is 3.18. The van der Waals surface area contributed by atoms with Gasteiger partial charge in [0, 0.05) is 12.0 Å².